The fourth-order valence-corrected chi connectivity index (χ4v) is 4.25. The number of aliphatic hydroxyl groups is 1. The van der Waals surface area contributed by atoms with Crippen molar-refractivity contribution < 1.29 is 9.90 Å². The minimum Gasteiger partial charge on any atom is -0.385 e. The van der Waals surface area contributed by atoms with Gasteiger partial charge in [0.1, 0.15) is 0 Å². The summed E-state index contributed by atoms with van der Waals surface area (Å²) in [6.45, 7) is 1.22. The molecule has 1 fully saturated rings. The van der Waals surface area contributed by atoms with Crippen molar-refractivity contribution in [3.05, 3.63) is 65.5 Å². The van der Waals surface area contributed by atoms with Gasteiger partial charge >= 0.3 is 0 Å². The van der Waals surface area contributed by atoms with E-state index < -0.39 is 5.60 Å². The summed E-state index contributed by atoms with van der Waals surface area (Å²) in [5, 5.41) is 10.9. The third-order valence-electron chi connectivity index (χ3n) is 5.82. The number of pyridine rings is 1. The number of amides is 1. The van der Waals surface area contributed by atoms with Gasteiger partial charge in [-0.1, -0.05) is 30.3 Å². The Bertz CT molecular complexity index is 752. The molecule has 1 unspecified atom stereocenters. The Balaban J connectivity index is 1.38. The van der Waals surface area contributed by atoms with Crippen molar-refractivity contribution in [2.45, 2.75) is 43.6 Å². The maximum atomic E-state index is 12.7. The molecule has 0 bridgehead atoms. The lowest BCUT2D eigenvalue weighted by atomic mass is 9.85. The van der Waals surface area contributed by atoms with Crippen LogP contribution in [0.1, 0.15) is 48.3 Å². The molecule has 2 heterocycles. The molecule has 2 aliphatic rings. The Morgan fingerprint density at radius 3 is 2.76 bits per heavy atom. The highest BCUT2D eigenvalue weighted by Crippen LogP contribution is 2.37. The summed E-state index contributed by atoms with van der Waals surface area (Å²) in [4.78, 5) is 18.8. The van der Waals surface area contributed by atoms with E-state index in [1.54, 1.807) is 12.4 Å². The number of hydrogen-bond acceptors (Lipinski definition) is 3. The predicted octanol–water partition coefficient (Wildman–Crippen LogP) is 3.01. The third-order valence-corrected chi connectivity index (χ3v) is 5.82. The second-order valence-electron chi connectivity index (χ2n) is 7.29. The van der Waals surface area contributed by atoms with Gasteiger partial charge in [-0.15, -0.1) is 0 Å². The third kappa shape index (κ3) is 3.19. The van der Waals surface area contributed by atoms with E-state index in [9.17, 15) is 9.90 Å². The largest absolute Gasteiger partial charge is 0.385 e. The Morgan fingerprint density at radius 2 is 2.00 bits per heavy atom. The lowest BCUT2D eigenvalue weighted by Crippen LogP contribution is -2.45. The minimum absolute atomic E-state index is 0.218. The van der Waals surface area contributed by atoms with Gasteiger partial charge in [0, 0.05) is 37.5 Å². The molecule has 4 heteroatoms. The number of aryl methyl sites for hydroxylation is 1. The second-order valence-corrected chi connectivity index (χ2v) is 7.29. The molecule has 0 saturated carbocycles. The van der Waals surface area contributed by atoms with Gasteiger partial charge in [-0.05, 0) is 48.8 Å². The van der Waals surface area contributed by atoms with Crippen molar-refractivity contribution in [1.29, 1.82) is 0 Å². The number of nitrogens with zero attached hydrogens (tertiary/aromatic N) is 2. The number of benzene rings is 1. The maximum Gasteiger partial charge on any atom is 0.223 e. The van der Waals surface area contributed by atoms with E-state index >= 15 is 0 Å². The Kier molecular flexibility index (Phi) is 4.30. The first kappa shape index (κ1) is 16.3. The van der Waals surface area contributed by atoms with Crippen LogP contribution in [0.15, 0.2) is 48.8 Å². The average molecular weight is 336 g/mol. The molecular formula is C21H24N2O2. The van der Waals surface area contributed by atoms with Gasteiger partial charge in [-0.25, -0.2) is 0 Å². The minimum atomic E-state index is -0.856. The van der Waals surface area contributed by atoms with Crippen molar-refractivity contribution in [2.24, 2.45) is 0 Å². The lowest BCUT2D eigenvalue weighted by molar-refractivity contribution is -0.136. The van der Waals surface area contributed by atoms with Gasteiger partial charge in [-0.3, -0.25) is 9.78 Å². The molecule has 1 aromatic heterocycles. The van der Waals surface area contributed by atoms with Crippen LogP contribution in [0.2, 0.25) is 0 Å². The van der Waals surface area contributed by atoms with Gasteiger partial charge in [0.2, 0.25) is 5.91 Å². The Morgan fingerprint density at radius 1 is 1.20 bits per heavy atom. The molecule has 1 N–H and O–H groups in total. The van der Waals surface area contributed by atoms with Crippen LogP contribution in [0.5, 0.6) is 0 Å². The van der Waals surface area contributed by atoms with E-state index in [0.717, 1.165) is 18.4 Å². The van der Waals surface area contributed by atoms with Gasteiger partial charge in [-0.2, -0.15) is 0 Å². The lowest BCUT2D eigenvalue weighted by Gasteiger charge is -2.38. The van der Waals surface area contributed by atoms with E-state index in [-0.39, 0.29) is 5.91 Å². The van der Waals surface area contributed by atoms with Gasteiger partial charge < -0.3 is 10.0 Å². The smallest absolute Gasteiger partial charge is 0.223 e. The number of hydrogen-bond donors (Lipinski definition) is 1. The van der Waals surface area contributed by atoms with Gasteiger partial charge in [0.05, 0.1) is 5.60 Å². The monoisotopic (exact) mass is 336 g/mol. The van der Waals surface area contributed by atoms with Crippen molar-refractivity contribution in [1.82, 2.24) is 9.88 Å². The molecule has 1 aromatic carbocycles. The van der Waals surface area contributed by atoms with E-state index in [1.807, 2.05) is 17.0 Å². The Labute approximate surface area is 148 Å². The zero-order valence-electron chi connectivity index (χ0n) is 14.4. The van der Waals surface area contributed by atoms with Crippen molar-refractivity contribution in [2.75, 3.05) is 13.1 Å². The Hall–Kier alpha value is -2.20. The van der Waals surface area contributed by atoms with Gasteiger partial charge in [0.15, 0.2) is 0 Å². The molecule has 1 aliphatic carbocycles. The zero-order chi connectivity index (χ0) is 17.3. The van der Waals surface area contributed by atoms with Crippen LogP contribution in [0, 0.1) is 0 Å². The number of fused-ring (bicyclic) bond motifs is 1. The van der Waals surface area contributed by atoms with E-state index in [2.05, 4.69) is 29.2 Å². The summed E-state index contributed by atoms with van der Waals surface area (Å²) in [6, 6.07) is 12.2. The van der Waals surface area contributed by atoms with Crippen LogP contribution in [-0.2, 0) is 16.8 Å². The van der Waals surface area contributed by atoms with Crippen LogP contribution in [-0.4, -0.2) is 34.0 Å². The standard InChI is InChI=1S/C21H24N2O2/c24-20(14-17-8-7-16-4-1-2-6-19(16)17)23-12-9-21(25,10-13-23)18-5-3-11-22-15-18/h1-6,11,15,17,25H,7-10,12-14H2. The number of carbonyl (C=O) groups is 1. The fraction of sp³-hybridized carbons (Fsp3) is 0.429. The number of likely N-dealkylation sites (tertiary alicyclic amines) is 1. The van der Waals surface area contributed by atoms with Crippen LogP contribution in [0.3, 0.4) is 0 Å². The topological polar surface area (TPSA) is 53.4 Å². The predicted molar refractivity (Wildman–Crippen MR) is 96.1 cm³/mol. The maximum absolute atomic E-state index is 12.7. The van der Waals surface area contributed by atoms with E-state index in [4.69, 9.17) is 0 Å². The number of aromatic nitrogens is 1. The van der Waals surface area contributed by atoms with Crippen molar-refractivity contribution >= 4 is 5.91 Å². The highest BCUT2D eigenvalue weighted by atomic mass is 16.3. The molecule has 1 aliphatic heterocycles. The molecule has 25 heavy (non-hydrogen) atoms. The quantitative estimate of drug-likeness (QED) is 0.937. The normalized spacial score (nSPS) is 21.8. The number of rotatable bonds is 3. The molecule has 1 atom stereocenters. The molecule has 0 radical (unpaired) electrons. The first-order valence-electron chi connectivity index (χ1n) is 9.14. The first-order chi connectivity index (χ1) is 12.2. The first-order valence-corrected chi connectivity index (χ1v) is 9.14. The van der Waals surface area contributed by atoms with E-state index in [0.29, 0.717) is 38.3 Å². The van der Waals surface area contributed by atoms with Crippen LogP contribution in [0.25, 0.3) is 0 Å². The fourth-order valence-electron chi connectivity index (χ4n) is 4.25. The molecule has 0 spiro atoms. The number of carbonyl (C=O) groups excluding carboxylic acids is 1. The summed E-state index contributed by atoms with van der Waals surface area (Å²) in [5.74, 6) is 0.567. The number of piperidine rings is 1. The summed E-state index contributed by atoms with van der Waals surface area (Å²) in [7, 11) is 0. The molecule has 130 valence electrons. The van der Waals surface area contributed by atoms with Crippen LogP contribution >= 0.6 is 0 Å². The summed E-state index contributed by atoms with van der Waals surface area (Å²) in [5.41, 5.74) is 2.74. The van der Waals surface area contributed by atoms with Crippen molar-refractivity contribution in [3.8, 4) is 0 Å². The van der Waals surface area contributed by atoms with Gasteiger partial charge in [0.25, 0.3) is 0 Å². The molecule has 1 amide bonds. The summed E-state index contributed by atoms with van der Waals surface area (Å²) >= 11 is 0. The zero-order valence-corrected chi connectivity index (χ0v) is 14.4. The second kappa shape index (κ2) is 6.60. The summed E-state index contributed by atoms with van der Waals surface area (Å²) < 4.78 is 0. The SMILES string of the molecule is O=C(CC1CCc2ccccc21)N1CCC(O)(c2cccnc2)CC1. The molecule has 4 nitrogen and oxygen atoms in total. The van der Waals surface area contributed by atoms with E-state index in [1.165, 1.54) is 11.1 Å². The molecule has 2 aromatic rings. The van der Waals surface area contributed by atoms with Crippen molar-refractivity contribution in [3.63, 3.8) is 0 Å². The highest BCUT2D eigenvalue weighted by molar-refractivity contribution is 5.77. The molecule has 4 rings (SSSR count). The average Bonchev–Trinajstić information content (AvgIpc) is 3.06. The highest BCUT2D eigenvalue weighted by Gasteiger charge is 2.36. The van der Waals surface area contributed by atoms with Crippen LogP contribution in [0.4, 0.5) is 0 Å². The van der Waals surface area contributed by atoms with Crippen LogP contribution < -0.4 is 0 Å². The summed E-state index contributed by atoms with van der Waals surface area (Å²) in [6.07, 6.45) is 7.32. The molecule has 1 saturated heterocycles. The molecular weight excluding hydrogens is 312 g/mol.